The van der Waals surface area contributed by atoms with Crippen molar-refractivity contribution in [3.8, 4) is 0 Å². The Bertz CT molecular complexity index is 281. The van der Waals surface area contributed by atoms with Gasteiger partial charge in [0.1, 0.15) is 5.82 Å². The SMILES string of the molecule is CCCCC(O)c1c(F)cccc1Cl. The molecule has 0 aliphatic heterocycles. The summed E-state index contributed by atoms with van der Waals surface area (Å²) in [6, 6.07) is 4.44. The molecule has 0 spiro atoms. The van der Waals surface area contributed by atoms with E-state index in [1.165, 1.54) is 12.1 Å². The van der Waals surface area contributed by atoms with Crippen LogP contribution in [0.25, 0.3) is 0 Å². The van der Waals surface area contributed by atoms with Crippen molar-refractivity contribution in [2.45, 2.75) is 32.3 Å². The van der Waals surface area contributed by atoms with Gasteiger partial charge >= 0.3 is 0 Å². The highest BCUT2D eigenvalue weighted by Gasteiger charge is 2.15. The molecule has 0 amide bonds. The molecule has 0 aliphatic rings. The van der Waals surface area contributed by atoms with Gasteiger partial charge in [0, 0.05) is 10.6 Å². The van der Waals surface area contributed by atoms with Gasteiger partial charge in [0.05, 0.1) is 6.10 Å². The van der Waals surface area contributed by atoms with E-state index >= 15 is 0 Å². The van der Waals surface area contributed by atoms with Gasteiger partial charge in [0.15, 0.2) is 0 Å². The van der Waals surface area contributed by atoms with Gasteiger partial charge in [-0.1, -0.05) is 37.4 Å². The van der Waals surface area contributed by atoms with Crippen LogP contribution in [0.2, 0.25) is 5.02 Å². The van der Waals surface area contributed by atoms with E-state index in [1.54, 1.807) is 6.07 Å². The third-order valence-corrected chi connectivity index (χ3v) is 2.49. The summed E-state index contributed by atoms with van der Waals surface area (Å²) in [4.78, 5) is 0. The first-order valence-corrected chi connectivity index (χ1v) is 5.16. The molecule has 1 N–H and O–H groups in total. The highest BCUT2D eigenvalue weighted by Crippen LogP contribution is 2.28. The van der Waals surface area contributed by atoms with Gasteiger partial charge in [-0.05, 0) is 18.6 Å². The fourth-order valence-corrected chi connectivity index (χ4v) is 1.66. The lowest BCUT2D eigenvalue weighted by Crippen LogP contribution is -2.01. The summed E-state index contributed by atoms with van der Waals surface area (Å²) in [7, 11) is 0. The van der Waals surface area contributed by atoms with Gasteiger partial charge in [0.25, 0.3) is 0 Å². The monoisotopic (exact) mass is 216 g/mol. The van der Waals surface area contributed by atoms with Crippen LogP contribution in [-0.2, 0) is 0 Å². The second-order valence-corrected chi connectivity index (χ2v) is 3.70. The molecule has 1 nitrogen and oxygen atoms in total. The van der Waals surface area contributed by atoms with Crippen LogP contribution in [0.5, 0.6) is 0 Å². The van der Waals surface area contributed by atoms with E-state index in [9.17, 15) is 9.50 Å². The molecule has 0 heterocycles. The fraction of sp³-hybridized carbons (Fsp3) is 0.455. The zero-order valence-electron chi connectivity index (χ0n) is 8.13. The molecule has 1 aromatic rings. The maximum atomic E-state index is 13.3. The van der Waals surface area contributed by atoms with Crippen molar-refractivity contribution in [1.82, 2.24) is 0 Å². The van der Waals surface area contributed by atoms with Crippen molar-refractivity contribution < 1.29 is 9.50 Å². The van der Waals surface area contributed by atoms with Crippen molar-refractivity contribution >= 4 is 11.6 Å². The summed E-state index contributed by atoms with van der Waals surface area (Å²) in [5, 5.41) is 9.99. The fourth-order valence-electron chi connectivity index (χ4n) is 1.37. The van der Waals surface area contributed by atoms with E-state index < -0.39 is 11.9 Å². The van der Waals surface area contributed by atoms with E-state index in [1.807, 2.05) is 6.92 Å². The Labute approximate surface area is 88.5 Å². The molecular weight excluding hydrogens is 203 g/mol. The second-order valence-electron chi connectivity index (χ2n) is 3.29. The molecule has 1 atom stereocenters. The van der Waals surface area contributed by atoms with Crippen LogP contribution >= 0.6 is 11.6 Å². The van der Waals surface area contributed by atoms with Crippen LogP contribution in [0.3, 0.4) is 0 Å². The van der Waals surface area contributed by atoms with Crippen molar-refractivity contribution in [3.63, 3.8) is 0 Å². The third-order valence-electron chi connectivity index (χ3n) is 2.16. The second kappa shape index (κ2) is 5.32. The number of benzene rings is 1. The summed E-state index contributed by atoms with van der Waals surface area (Å²) in [6.07, 6.45) is 1.61. The summed E-state index contributed by atoms with van der Waals surface area (Å²) >= 11 is 5.80. The van der Waals surface area contributed by atoms with E-state index in [-0.39, 0.29) is 5.56 Å². The summed E-state index contributed by atoms with van der Waals surface area (Å²) in [5.41, 5.74) is 0.225. The molecule has 0 radical (unpaired) electrons. The average Bonchev–Trinajstić information content (AvgIpc) is 2.14. The minimum absolute atomic E-state index is 0.225. The van der Waals surface area contributed by atoms with Crippen molar-refractivity contribution in [1.29, 1.82) is 0 Å². The molecule has 14 heavy (non-hydrogen) atoms. The Kier molecular flexibility index (Phi) is 4.36. The molecule has 1 unspecified atom stereocenters. The first-order valence-electron chi connectivity index (χ1n) is 4.78. The Morgan fingerprint density at radius 1 is 1.50 bits per heavy atom. The zero-order valence-corrected chi connectivity index (χ0v) is 8.89. The van der Waals surface area contributed by atoms with Crippen LogP contribution in [-0.4, -0.2) is 5.11 Å². The smallest absolute Gasteiger partial charge is 0.130 e. The predicted octanol–water partition coefficient (Wildman–Crippen LogP) is 3.70. The van der Waals surface area contributed by atoms with E-state index in [2.05, 4.69) is 0 Å². The van der Waals surface area contributed by atoms with Crippen LogP contribution in [0.15, 0.2) is 18.2 Å². The predicted molar refractivity (Wildman–Crippen MR) is 55.9 cm³/mol. The molecule has 0 aromatic heterocycles. The molecule has 0 fully saturated rings. The quantitative estimate of drug-likeness (QED) is 0.814. The highest BCUT2D eigenvalue weighted by atomic mass is 35.5. The minimum Gasteiger partial charge on any atom is -0.388 e. The molecule has 3 heteroatoms. The Morgan fingerprint density at radius 3 is 2.79 bits per heavy atom. The van der Waals surface area contributed by atoms with E-state index in [4.69, 9.17) is 11.6 Å². The number of hydrogen-bond acceptors (Lipinski definition) is 1. The topological polar surface area (TPSA) is 20.2 Å². The Hall–Kier alpha value is -0.600. The number of aliphatic hydroxyl groups excluding tert-OH is 1. The number of hydrogen-bond donors (Lipinski definition) is 1. The Balaban J connectivity index is 2.82. The number of rotatable bonds is 4. The van der Waals surface area contributed by atoms with Gasteiger partial charge in [-0.2, -0.15) is 0 Å². The number of aliphatic hydroxyl groups is 1. The molecule has 0 aliphatic carbocycles. The zero-order chi connectivity index (χ0) is 10.6. The van der Waals surface area contributed by atoms with Crippen molar-refractivity contribution in [2.24, 2.45) is 0 Å². The van der Waals surface area contributed by atoms with Crippen LogP contribution in [0.4, 0.5) is 4.39 Å². The number of halogens is 2. The van der Waals surface area contributed by atoms with Gasteiger partial charge < -0.3 is 5.11 Å². The first-order chi connectivity index (χ1) is 6.66. The number of unbranched alkanes of at least 4 members (excludes halogenated alkanes) is 1. The summed E-state index contributed by atoms with van der Waals surface area (Å²) < 4.78 is 13.3. The summed E-state index contributed by atoms with van der Waals surface area (Å²) in [6.45, 7) is 2.02. The molecular formula is C11H14ClFO. The minimum atomic E-state index is -0.788. The first kappa shape index (κ1) is 11.5. The van der Waals surface area contributed by atoms with E-state index in [0.717, 1.165) is 12.8 Å². The van der Waals surface area contributed by atoms with Gasteiger partial charge in [-0.25, -0.2) is 4.39 Å². The van der Waals surface area contributed by atoms with E-state index in [0.29, 0.717) is 11.4 Å². The maximum absolute atomic E-state index is 13.3. The van der Waals surface area contributed by atoms with Crippen LogP contribution in [0, 0.1) is 5.82 Å². The molecule has 0 saturated carbocycles. The molecule has 1 rings (SSSR count). The van der Waals surface area contributed by atoms with Gasteiger partial charge in [-0.3, -0.25) is 0 Å². The average molecular weight is 217 g/mol. The van der Waals surface area contributed by atoms with Crippen LogP contribution < -0.4 is 0 Å². The maximum Gasteiger partial charge on any atom is 0.130 e. The molecule has 0 bridgehead atoms. The normalized spacial score (nSPS) is 12.9. The highest BCUT2D eigenvalue weighted by molar-refractivity contribution is 6.31. The Morgan fingerprint density at radius 2 is 2.21 bits per heavy atom. The van der Waals surface area contributed by atoms with Crippen molar-refractivity contribution in [2.75, 3.05) is 0 Å². The third kappa shape index (κ3) is 2.69. The molecule has 0 saturated heterocycles. The lowest BCUT2D eigenvalue weighted by atomic mass is 10.0. The van der Waals surface area contributed by atoms with Crippen molar-refractivity contribution in [3.05, 3.63) is 34.6 Å². The summed E-state index contributed by atoms with van der Waals surface area (Å²) in [5.74, 6) is -0.430. The molecule has 78 valence electrons. The van der Waals surface area contributed by atoms with Crippen LogP contribution in [0.1, 0.15) is 37.9 Å². The lowest BCUT2D eigenvalue weighted by Gasteiger charge is -2.12. The lowest BCUT2D eigenvalue weighted by molar-refractivity contribution is 0.160. The largest absolute Gasteiger partial charge is 0.388 e. The van der Waals surface area contributed by atoms with Gasteiger partial charge in [0.2, 0.25) is 0 Å². The van der Waals surface area contributed by atoms with Gasteiger partial charge in [-0.15, -0.1) is 0 Å². The standard InChI is InChI=1S/C11H14ClFO/c1-2-3-7-10(14)11-8(12)5-4-6-9(11)13/h4-6,10,14H,2-3,7H2,1H3. The molecule has 1 aromatic carbocycles.